The maximum Gasteiger partial charge on any atom is 0.262 e. The van der Waals surface area contributed by atoms with Gasteiger partial charge in [0, 0.05) is 25.4 Å². The number of carbonyl (C=O) groups excluding carboxylic acids is 1. The number of likely N-dealkylation sites (tertiary alicyclic amines) is 1. The monoisotopic (exact) mass is 405 g/mol. The highest BCUT2D eigenvalue weighted by atomic mass is 16.2. The van der Waals surface area contributed by atoms with Gasteiger partial charge in [-0.25, -0.2) is 9.67 Å². The molecule has 1 amide bonds. The van der Waals surface area contributed by atoms with Gasteiger partial charge >= 0.3 is 0 Å². The van der Waals surface area contributed by atoms with Crippen LogP contribution in [0.4, 0.5) is 0 Å². The Balaban J connectivity index is 1.35. The lowest BCUT2D eigenvalue weighted by Gasteiger charge is -2.44. The number of carbonyl (C=O) groups is 1. The molecule has 0 radical (unpaired) electrons. The number of piperidine rings is 1. The molecule has 1 N–H and O–H groups in total. The fraction of sp³-hybridized carbons (Fsp3) is 0.478. The highest BCUT2D eigenvalue weighted by Gasteiger charge is 2.35. The zero-order chi connectivity index (χ0) is 20.5. The molecule has 2 aliphatic rings. The fourth-order valence-electron chi connectivity index (χ4n) is 5.14. The molecular weight excluding hydrogens is 378 g/mol. The first-order chi connectivity index (χ1) is 14.7. The minimum atomic E-state index is -0.213. The second-order valence-corrected chi connectivity index (χ2v) is 8.48. The lowest BCUT2D eigenvalue weighted by Crippen LogP contribution is -2.49. The van der Waals surface area contributed by atoms with Gasteiger partial charge in [0.1, 0.15) is 11.2 Å². The van der Waals surface area contributed by atoms with E-state index in [0.717, 1.165) is 25.1 Å². The lowest BCUT2D eigenvalue weighted by atomic mass is 9.78. The number of hydrogen-bond donors (Lipinski definition) is 1. The third-order valence-electron chi connectivity index (χ3n) is 6.63. The van der Waals surface area contributed by atoms with E-state index in [-0.39, 0.29) is 11.5 Å². The van der Waals surface area contributed by atoms with Gasteiger partial charge in [0.15, 0.2) is 5.65 Å². The molecule has 1 saturated carbocycles. The number of aromatic amines is 1. The van der Waals surface area contributed by atoms with Crippen molar-refractivity contribution in [3.8, 4) is 5.69 Å². The highest BCUT2D eigenvalue weighted by molar-refractivity contribution is 5.77. The van der Waals surface area contributed by atoms with Gasteiger partial charge in [-0.2, -0.15) is 5.10 Å². The molecule has 7 heteroatoms. The zero-order valence-corrected chi connectivity index (χ0v) is 17.1. The fourth-order valence-corrected chi connectivity index (χ4v) is 5.14. The van der Waals surface area contributed by atoms with Crippen LogP contribution in [0.5, 0.6) is 0 Å². The third kappa shape index (κ3) is 3.53. The van der Waals surface area contributed by atoms with Crippen LogP contribution in [0.25, 0.3) is 16.7 Å². The van der Waals surface area contributed by atoms with Crippen molar-refractivity contribution in [3.63, 3.8) is 0 Å². The minimum Gasteiger partial charge on any atom is -0.339 e. The highest BCUT2D eigenvalue weighted by Crippen LogP contribution is 2.35. The molecule has 0 spiro atoms. The summed E-state index contributed by atoms with van der Waals surface area (Å²) in [5.41, 5.74) is 1.16. The van der Waals surface area contributed by atoms with Crippen LogP contribution in [0.2, 0.25) is 0 Å². The van der Waals surface area contributed by atoms with Gasteiger partial charge in [0.25, 0.3) is 5.56 Å². The van der Waals surface area contributed by atoms with Gasteiger partial charge in [-0.1, -0.05) is 31.0 Å². The molecule has 0 bridgehead atoms. The normalized spacial score (nSPS) is 21.5. The molecule has 3 heterocycles. The van der Waals surface area contributed by atoms with Gasteiger partial charge < -0.3 is 9.88 Å². The minimum absolute atomic E-state index is 0.186. The SMILES string of the molecule is O=C(CCc1nc2c(cnn2-c2ccccc2)c(=O)[nH]1)N1CCC[C@@H]2CCCC[C@@H]21. The lowest BCUT2D eigenvalue weighted by molar-refractivity contribution is -0.137. The molecule has 2 fully saturated rings. The summed E-state index contributed by atoms with van der Waals surface area (Å²) >= 11 is 0. The quantitative estimate of drug-likeness (QED) is 0.722. The number of aryl methyl sites for hydroxylation is 1. The van der Waals surface area contributed by atoms with Crippen molar-refractivity contribution < 1.29 is 4.79 Å². The van der Waals surface area contributed by atoms with Crippen LogP contribution in [0, 0.1) is 5.92 Å². The number of H-pyrrole nitrogens is 1. The summed E-state index contributed by atoms with van der Waals surface area (Å²) in [6.45, 7) is 0.865. The van der Waals surface area contributed by atoms with Gasteiger partial charge in [-0.3, -0.25) is 9.59 Å². The van der Waals surface area contributed by atoms with Gasteiger partial charge in [0.05, 0.1) is 11.9 Å². The van der Waals surface area contributed by atoms with E-state index in [9.17, 15) is 9.59 Å². The number of fused-ring (bicyclic) bond motifs is 2. The van der Waals surface area contributed by atoms with E-state index >= 15 is 0 Å². The molecular formula is C23H27N5O2. The largest absolute Gasteiger partial charge is 0.339 e. The third-order valence-corrected chi connectivity index (χ3v) is 6.63. The van der Waals surface area contributed by atoms with E-state index in [1.807, 2.05) is 30.3 Å². The van der Waals surface area contributed by atoms with E-state index < -0.39 is 0 Å². The summed E-state index contributed by atoms with van der Waals surface area (Å²) in [5, 5.41) is 4.79. The summed E-state index contributed by atoms with van der Waals surface area (Å²) in [5.74, 6) is 1.40. The van der Waals surface area contributed by atoms with Crippen LogP contribution < -0.4 is 5.56 Å². The number of benzene rings is 1. The Morgan fingerprint density at radius 1 is 1.10 bits per heavy atom. The van der Waals surface area contributed by atoms with E-state index in [4.69, 9.17) is 0 Å². The number of nitrogens with zero attached hydrogens (tertiary/aromatic N) is 4. The number of rotatable bonds is 4. The Hall–Kier alpha value is -2.96. The molecule has 1 saturated heterocycles. The van der Waals surface area contributed by atoms with E-state index in [2.05, 4.69) is 20.0 Å². The van der Waals surface area contributed by atoms with Crippen molar-refractivity contribution in [3.05, 3.63) is 52.7 Å². The summed E-state index contributed by atoms with van der Waals surface area (Å²) in [6.07, 6.45) is 9.60. The second kappa shape index (κ2) is 8.05. The molecule has 1 aliphatic carbocycles. The predicted molar refractivity (Wildman–Crippen MR) is 114 cm³/mol. The molecule has 7 nitrogen and oxygen atoms in total. The molecule has 0 unspecified atom stereocenters. The van der Waals surface area contributed by atoms with E-state index in [1.165, 1.54) is 25.7 Å². The summed E-state index contributed by atoms with van der Waals surface area (Å²) < 4.78 is 1.67. The van der Waals surface area contributed by atoms with Crippen LogP contribution in [0.3, 0.4) is 0 Å². The number of nitrogens with one attached hydrogen (secondary N) is 1. The van der Waals surface area contributed by atoms with Gasteiger partial charge in [-0.15, -0.1) is 0 Å². The van der Waals surface area contributed by atoms with Crippen LogP contribution in [0.1, 0.15) is 50.8 Å². The Morgan fingerprint density at radius 3 is 2.77 bits per heavy atom. The molecule has 30 heavy (non-hydrogen) atoms. The Kier molecular flexibility index (Phi) is 5.11. The average molecular weight is 406 g/mol. The summed E-state index contributed by atoms with van der Waals surface area (Å²) in [4.78, 5) is 35.1. The first kappa shape index (κ1) is 19.0. The number of aromatic nitrogens is 4. The summed E-state index contributed by atoms with van der Waals surface area (Å²) in [6, 6.07) is 10.0. The number of amides is 1. The van der Waals surface area contributed by atoms with Crippen molar-refractivity contribution in [1.82, 2.24) is 24.6 Å². The first-order valence-corrected chi connectivity index (χ1v) is 11.0. The number of para-hydroxylation sites is 1. The summed E-state index contributed by atoms with van der Waals surface area (Å²) in [7, 11) is 0. The van der Waals surface area contributed by atoms with Gasteiger partial charge in [0.2, 0.25) is 5.91 Å². The van der Waals surface area contributed by atoms with Crippen LogP contribution >= 0.6 is 0 Å². The molecule has 1 aliphatic heterocycles. The molecule has 2 atom stereocenters. The van der Waals surface area contributed by atoms with Crippen molar-refractivity contribution in [1.29, 1.82) is 0 Å². The standard InChI is InChI=1S/C23H27N5O2/c29-21(27-14-6-8-16-7-4-5-11-19(16)27)13-12-20-25-22-18(23(30)26-20)15-24-28(22)17-9-2-1-3-10-17/h1-3,9-10,15-16,19H,4-8,11-14H2,(H,25,26,30)/t16-,19-/m0/s1. The molecule has 5 rings (SSSR count). The number of hydrogen-bond acceptors (Lipinski definition) is 4. The zero-order valence-electron chi connectivity index (χ0n) is 17.1. The van der Waals surface area contributed by atoms with E-state index in [1.54, 1.807) is 10.9 Å². The van der Waals surface area contributed by atoms with Crippen molar-refractivity contribution in [2.75, 3.05) is 6.54 Å². The first-order valence-electron chi connectivity index (χ1n) is 11.0. The molecule has 3 aromatic rings. The van der Waals surface area contributed by atoms with Gasteiger partial charge in [-0.05, 0) is 43.7 Å². The van der Waals surface area contributed by atoms with Crippen molar-refractivity contribution in [2.24, 2.45) is 5.92 Å². The maximum absolute atomic E-state index is 13.0. The second-order valence-electron chi connectivity index (χ2n) is 8.48. The van der Waals surface area contributed by atoms with Crippen LogP contribution in [0.15, 0.2) is 41.3 Å². The molecule has 1 aromatic carbocycles. The maximum atomic E-state index is 13.0. The Labute approximate surface area is 175 Å². The Bertz CT molecular complexity index is 1100. The van der Waals surface area contributed by atoms with Crippen LogP contribution in [-0.4, -0.2) is 43.1 Å². The molecule has 2 aromatic heterocycles. The smallest absolute Gasteiger partial charge is 0.262 e. The van der Waals surface area contributed by atoms with E-state index in [0.29, 0.717) is 41.7 Å². The predicted octanol–water partition coefficient (Wildman–Crippen LogP) is 3.22. The van der Waals surface area contributed by atoms with Crippen LogP contribution in [-0.2, 0) is 11.2 Å². The molecule has 156 valence electrons. The topological polar surface area (TPSA) is 83.9 Å². The Morgan fingerprint density at radius 2 is 1.90 bits per heavy atom. The average Bonchev–Trinajstić information content (AvgIpc) is 3.22. The van der Waals surface area contributed by atoms with Crippen molar-refractivity contribution >= 4 is 16.9 Å². The van der Waals surface area contributed by atoms with Crippen molar-refractivity contribution in [2.45, 2.75) is 57.4 Å².